The summed E-state index contributed by atoms with van der Waals surface area (Å²) in [7, 11) is 0. The molecule has 1 aromatic rings. The average molecular weight is 234 g/mol. The fourth-order valence-corrected chi connectivity index (χ4v) is 2.11. The number of aliphatic carboxylic acids is 1. The van der Waals surface area contributed by atoms with Crippen LogP contribution in [-0.2, 0) is 17.4 Å². The third-order valence-electron chi connectivity index (χ3n) is 2.72. The number of alkyl halides is 3. The van der Waals surface area contributed by atoms with Crippen molar-refractivity contribution in [3.05, 3.63) is 17.0 Å². The smallest absolute Gasteiger partial charge is 0.435 e. The summed E-state index contributed by atoms with van der Waals surface area (Å²) in [5.41, 5.74) is -0.514. The maximum Gasteiger partial charge on any atom is 0.435 e. The first-order valence-corrected chi connectivity index (χ1v) is 4.75. The minimum absolute atomic E-state index is 0.0369. The molecule has 7 heteroatoms. The summed E-state index contributed by atoms with van der Waals surface area (Å²) in [4.78, 5) is 10.5. The number of nitrogens with one attached hydrogen (secondary N) is 1. The van der Waals surface area contributed by atoms with E-state index in [1.54, 1.807) is 0 Å². The van der Waals surface area contributed by atoms with Gasteiger partial charge < -0.3 is 5.11 Å². The van der Waals surface area contributed by atoms with E-state index in [0.717, 1.165) is 0 Å². The zero-order valence-corrected chi connectivity index (χ0v) is 8.14. The van der Waals surface area contributed by atoms with E-state index in [2.05, 4.69) is 10.2 Å². The summed E-state index contributed by atoms with van der Waals surface area (Å²) >= 11 is 0. The van der Waals surface area contributed by atoms with Gasteiger partial charge in [0.2, 0.25) is 0 Å². The number of H-pyrrole nitrogens is 1. The van der Waals surface area contributed by atoms with Crippen LogP contribution in [0.5, 0.6) is 0 Å². The molecule has 0 aromatic carbocycles. The largest absolute Gasteiger partial charge is 0.481 e. The van der Waals surface area contributed by atoms with Gasteiger partial charge in [0.05, 0.1) is 6.42 Å². The maximum absolute atomic E-state index is 12.6. The maximum atomic E-state index is 12.6. The number of halogens is 3. The van der Waals surface area contributed by atoms with Gasteiger partial charge in [-0.1, -0.05) is 0 Å². The van der Waals surface area contributed by atoms with Crippen molar-refractivity contribution in [3.8, 4) is 0 Å². The number of carbonyl (C=O) groups is 1. The second-order valence-corrected chi connectivity index (χ2v) is 3.80. The number of nitrogens with zero attached hydrogens (tertiary/aromatic N) is 1. The number of carboxylic acids is 1. The second-order valence-electron chi connectivity index (χ2n) is 3.80. The topological polar surface area (TPSA) is 66.0 Å². The van der Waals surface area contributed by atoms with E-state index in [0.29, 0.717) is 18.5 Å². The van der Waals surface area contributed by atoms with Gasteiger partial charge in [-0.25, -0.2) is 0 Å². The van der Waals surface area contributed by atoms with E-state index >= 15 is 0 Å². The first kappa shape index (κ1) is 11.0. The molecule has 1 atom stereocenters. The second kappa shape index (κ2) is 3.50. The molecule has 16 heavy (non-hydrogen) atoms. The lowest BCUT2D eigenvalue weighted by Gasteiger charge is -2.10. The average Bonchev–Trinajstić information content (AvgIpc) is 2.65. The first-order valence-electron chi connectivity index (χ1n) is 4.75. The van der Waals surface area contributed by atoms with Crippen molar-refractivity contribution in [3.63, 3.8) is 0 Å². The minimum Gasteiger partial charge on any atom is -0.481 e. The standard InChI is InChI=1S/C9H9F3N2O2/c10-9(11,12)8-7-4(3-6(15)16)1-2-5(7)13-14-8/h4H,1-3H2,(H,13,14)(H,15,16). The molecule has 0 bridgehead atoms. The Bertz CT molecular complexity index is 425. The summed E-state index contributed by atoms with van der Waals surface area (Å²) in [6, 6.07) is 0. The number of hydrogen-bond acceptors (Lipinski definition) is 2. The number of aryl methyl sites for hydroxylation is 1. The van der Waals surface area contributed by atoms with Gasteiger partial charge in [-0.3, -0.25) is 9.89 Å². The summed E-state index contributed by atoms with van der Waals surface area (Å²) < 4.78 is 37.7. The molecule has 2 rings (SSSR count). The van der Waals surface area contributed by atoms with Crippen molar-refractivity contribution in [1.82, 2.24) is 10.2 Å². The van der Waals surface area contributed by atoms with E-state index in [1.807, 2.05) is 0 Å². The van der Waals surface area contributed by atoms with Crippen LogP contribution >= 0.6 is 0 Å². The highest BCUT2D eigenvalue weighted by Gasteiger charge is 2.42. The Morgan fingerprint density at radius 2 is 2.25 bits per heavy atom. The molecule has 1 heterocycles. The van der Waals surface area contributed by atoms with Gasteiger partial charge in [0, 0.05) is 11.3 Å². The molecule has 2 N–H and O–H groups in total. The molecule has 1 aromatic heterocycles. The molecule has 0 saturated heterocycles. The van der Waals surface area contributed by atoms with Gasteiger partial charge in [0.25, 0.3) is 0 Å². The number of carboxylic acid groups (broad SMARTS) is 1. The molecule has 0 saturated carbocycles. The van der Waals surface area contributed by atoms with E-state index in [4.69, 9.17) is 5.11 Å². The van der Waals surface area contributed by atoms with Gasteiger partial charge in [0.15, 0.2) is 5.69 Å². The van der Waals surface area contributed by atoms with E-state index in [9.17, 15) is 18.0 Å². The van der Waals surface area contributed by atoms with Crippen LogP contribution in [0.25, 0.3) is 0 Å². The molecule has 4 nitrogen and oxygen atoms in total. The Morgan fingerprint density at radius 1 is 1.56 bits per heavy atom. The van der Waals surface area contributed by atoms with Gasteiger partial charge in [0.1, 0.15) is 0 Å². The highest BCUT2D eigenvalue weighted by atomic mass is 19.4. The predicted molar refractivity (Wildman–Crippen MR) is 46.9 cm³/mol. The van der Waals surface area contributed by atoms with Crippen LogP contribution in [0.4, 0.5) is 13.2 Å². The molecule has 88 valence electrons. The van der Waals surface area contributed by atoms with Gasteiger partial charge >= 0.3 is 12.1 Å². The van der Waals surface area contributed by atoms with Crippen LogP contribution in [0, 0.1) is 0 Å². The Balaban J connectivity index is 2.36. The predicted octanol–water partition coefficient (Wildman–Crippen LogP) is 1.93. The lowest BCUT2D eigenvalue weighted by molar-refractivity contribution is -0.143. The van der Waals surface area contributed by atoms with Crippen LogP contribution in [-0.4, -0.2) is 21.3 Å². The van der Waals surface area contributed by atoms with E-state index in [1.165, 1.54) is 0 Å². The first-order chi connectivity index (χ1) is 7.39. The van der Waals surface area contributed by atoms with Crippen molar-refractivity contribution < 1.29 is 23.1 Å². The summed E-state index contributed by atoms with van der Waals surface area (Å²) in [6.07, 6.45) is -3.95. The van der Waals surface area contributed by atoms with E-state index < -0.39 is 23.8 Å². The van der Waals surface area contributed by atoms with Crippen LogP contribution < -0.4 is 0 Å². The fraction of sp³-hybridized carbons (Fsp3) is 0.556. The van der Waals surface area contributed by atoms with Crippen molar-refractivity contribution in [2.45, 2.75) is 31.4 Å². The van der Waals surface area contributed by atoms with Gasteiger partial charge in [-0.2, -0.15) is 18.3 Å². The number of aromatic amines is 1. The minimum atomic E-state index is -4.52. The number of hydrogen-bond donors (Lipinski definition) is 2. The molecule has 1 aliphatic rings. The monoisotopic (exact) mass is 234 g/mol. The summed E-state index contributed by atoms with van der Waals surface area (Å²) in [6.45, 7) is 0. The molecular weight excluding hydrogens is 225 g/mol. The van der Waals surface area contributed by atoms with Crippen molar-refractivity contribution in [1.29, 1.82) is 0 Å². The Kier molecular flexibility index (Phi) is 2.40. The summed E-state index contributed by atoms with van der Waals surface area (Å²) in [5.74, 6) is -1.67. The Labute approximate surface area is 88.5 Å². The molecule has 1 aliphatic carbocycles. The highest BCUT2D eigenvalue weighted by Crippen LogP contribution is 2.42. The molecule has 0 radical (unpaired) electrons. The van der Waals surface area contributed by atoms with Crippen LogP contribution in [0.15, 0.2) is 0 Å². The quantitative estimate of drug-likeness (QED) is 0.821. The van der Waals surface area contributed by atoms with Crippen molar-refractivity contribution in [2.75, 3.05) is 0 Å². The van der Waals surface area contributed by atoms with Crippen molar-refractivity contribution >= 4 is 5.97 Å². The molecular formula is C9H9F3N2O2. The molecule has 1 unspecified atom stereocenters. The third kappa shape index (κ3) is 1.77. The van der Waals surface area contributed by atoms with Gasteiger partial charge in [-0.15, -0.1) is 0 Å². The van der Waals surface area contributed by atoms with Gasteiger partial charge in [-0.05, 0) is 18.8 Å². The lowest BCUT2D eigenvalue weighted by Crippen LogP contribution is -2.12. The van der Waals surface area contributed by atoms with Crippen LogP contribution in [0.2, 0.25) is 0 Å². The third-order valence-corrected chi connectivity index (χ3v) is 2.72. The van der Waals surface area contributed by atoms with Crippen LogP contribution in [0.1, 0.15) is 35.7 Å². The Hall–Kier alpha value is -1.53. The zero-order valence-electron chi connectivity index (χ0n) is 8.14. The Morgan fingerprint density at radius 3 is 2.81 bits per heavy atom. The van der Waals surface area contributed by atoms with Crippen molar-refractivity contribution in [2.24, 2.45) is 0 Å². The van der Waals surface area contributed by atoms with Crippen LogP contribution in [0.3, 0.4) is 0 Å². The number of rotatable bonds is 2. The lowest BCUT2D eigenvalue weighted by atomic mass is 9.98. The normalized spacial score (nSPS) is 19.8. The zero-order chi connectivity index (χ0) is 11.9. The number of aromatic nitrogens is 2. The summed E-state index contributed by atoms with van der Waals surface area (Å²) in [5, 5.41) is 14.2. The van der Waals surface area contributed by atoms with E-state index in [-0.39, 0.29) is 12.0 Å². The number of fused-ring (bicyclic) bond motifs is 1. The SMILES string of the molecule is O=C(O)CC1CCc2[nH]nc(C(F)(F)F)c21. The highest BCUT2D eigenvalue weighted by molar-refractivity contribution is 5.68. The molecule has 0 amide bonds. The molecule has 0 spiro atoms. The fourth-order valence-electron chi connectivity index (χ4n) is 2.11. The molecule has 0 aliphatic heterocycles. The molecule has 0 fully saturated rings.